The van der Waals surface area contributed by atoms with Gasteiger partial charge in [-0.3, -0.25) is 4.79 Å². The molecule has 2 aliphatic rings. The topological polar surface area (TPSA) is 98.1 Å². The number of carbonyl (C=O) groups excluding carboxylic acids is 1. The standard InChI is InChI=1S/C21H24FN7O2/c1-13(22)19-23-7-4-18(26-19)29-16-10-17(25-14(2)30)24-11-15(16)20(27-29)28-8-6-21(12-28)5-3-9-31-21/h4,7,10-11,13H,3,5-6,8-9,12H2,1-2H3,(H,24,25,30). The smallest absolute Gasteiger partial charge is 0.222 e. The Morgan fingerprint density at radius 3 is 2.97 bits per heavy atom. The summed E-state index contributed by atoms with van der Waals surface area (Å²) in [6.45, 7) is 5.23. The normalized spacial score (nSPS) is 21.8. The minimum atomic E-state index is -1.30. The lowest BCUT2D eigenvalue weighted by Gasteiger charge is -2.23. The largest absolute Gasteiger partial charge is 0.373 e. The van der Waals surface area contributed by atoms with E-state index in [0.717, 1.165) is 55.7 Å². The van der Waals surface area contributed by atoms with Crippen LogP contribution < -0.4 is 10.2 Å². The maximum absolute atomic E-state index is 13.8. The van der Waals surface area contributed by atoms with E-state index in [4.69, 9.17) is 9.84 Å². The summed E-state index contributed by atoms with van der Waals surface area (Å²) in [4.78, 5) is 26.5. The molecule has 1 spiro atoms. The van der Waals surface area contributed by atoms with E-state index >= 15 is 0 Å². The van der Waals surface area contributed by atoms with Crippen LogP contribution in [0.4, 0.5) is 16.0 Å². The number of hydrogen-bond donors (Lipinski definition) is 1. The highest BCUT2D eigenvalue weighted by atomic mass is 19.1. The van der Waals surface area contributed by atoms with E-state index < -0.39 is 6.17 Å². The summed E-state index contributed by atoms with van der Waals surface area (Å²) in [5.41, 5.74) is 0.615. The van der Waals surface area contributed by atoms with Crippen molar-refractivity contribution in [2.45, 2.75) is 44.9 Å². The molecule has 2 aliphatic heterocycles. The Hall–Kier alpha value is -3.14. The fraction of sp³-hybridized carbons (Fsp3) is 0.476. The molecule has 0 saturated carbocycles. The Balaban J connectivity index is 1.62. The zero-order valence-electron chi connectivity index (χ0n) is 17.5. The first-order valence-corrected chi connectivity index (χ1v) is 10.5. The van der Waals surface area contributed by atoms with E-state index in [1.54, 1.807) is 23.0 Å². The van der Waals surface area contributed by atoms with E-state index in [9.17, 15) is 9.18 Å². The molecule has 0 aliphatic carbocycles. The number of hydrogen-bond acceptors (Lipinski definition) is 7. The number of carbonyl (C=O) groups is 1. The summed E-state index contributed by atoms with van der Waals surface area (Å²) < 4.78 is 21.6. The zero-order chi connectivity index (χ0) is 21.6. The van der Waals surface area contributed by atoms with Crippen molar-refractivity contribution in [3.05, 3.63) is 30.4 Å². The second-order valence-corrected chi connectivity index (χ2v) is 8.20. The van der Waals surface area contributed by atoms with Crippen molar-refractivity contribution in [1.29, 1.82) is 0 Å². The van der Waals surface area contributed by atoms with Crippen molar-refractivity contribution in [2.75, 3.05) is 29.9 Å². The second kappa shape index (κ2) is 7.52. The number of fused-ring (bicyclic) bond motifs is 1. The number of nitrogens with zero attached hydrogens (tertiary/aromatic N) is 6. The molecule has 2 saturated heterocycles. The van der Waals surface area contributed by atoms with Crippen LogP contribution in [0.25, 0.3) is 16.7 Å². The number of anilines is 2. The van der Waals surface area contributed by atoms with E-state index in [1.165, 1.54) is 20.0 Å². The van der Waals surface area contributed by atoms with Gasteiger partial charge in [0.25, 0.3) is 0 Å². The monoisotopic (exact) mass is 425 g/mol. The SMILES string of the molecule is CC(=O)Nc1cc2c(cn1)c(N1CCC3(CCCO3)C1)nn2-c1ccnc(C(C)F)n1. The minimum absolute atomic E-state index is 0.0957. The van der Waals surface area contributed by atoms with Gasteiger partial charge in [-0.2, -0.15) is 0 Å². The third-order valence-corrected chi connectivity index (χ3v) is 5.88. The molecule has 9 nitrogen and oxygen atoms in total. The predicted octanol–water partition coefficient (Wildman–Crippen LogP) is 2.96. The molecule has 3 aromatic rings. The first kappa shape index (κ1) is 19.8. The van der Waals surface area contributed by atoms with Gasteiger partial charge in [-0.05, 0) is 26.2 Å². The maximum Gasteiger partial charge on any atom is 0.222 e. The minimum Gasteiger partial charge on any atom is -0.373 e. The fourth-order valence-electron chi connectivity index (χ4n) is 4.43. The van der Waals surface area contributed by atoms with E-state index in [1.807, 2.05) is 0 Å². The Kier molecular flexibility index (Phi) is 4.81. The quantitative estimate of drug-likeness (QED) is 0.686. The van der Waals surface area contributed by atoms with Gasteiger partial charge in [0.15, 0.2) is 23.6 Å². The van der Waals surface area contributed by atoms with Crippen LogP contribution in [-0.2, 0) is 9.53 Å². The molecule has 2 atom stereocenters. The van der Waals surface area contributed by atoms with E-state index in [2.05, 4.69) is 25.2 Å². The molecular formula is C21H24FN7O2. The molecule has 1 N–H and O–H groups in total. The van der Waals surface area contributed by atoms with Crippen LogP contribution in [0.15, 0.2) is 24.5 Å². The fourth-order valence-corrected chi connectivity index (χ4v) is 4.43. The highest BCUT2D eigenvalue weighted by molar-refractivity contribution is 5.95. The van der Waals surface area contributed by atoms with Crippen LogP contribution in [-0.4, -0.2) is 55.9 Å². The molecule has 2 unspecified atom stereocenters. The van der Waals surface area contributed by atoms with E-state index in [0.29, 0.717) is 11.6 Å². The number of rotatable bonds is 4. The first-order chi connectivity index (χ1) is 14.9. The van der Waals surface area contributed by atoms with Gasteiger partial charge >= 0.3 is 0 Å². The van der Waals surface area contributed by atoms with Crippen molar-refractivity contribution in [2.24, 2.45) is 0 Å². The van der Waals surface area contributed by atoms with Crippen LogP contribution >= 0.6 is 0 Å². The lowest BCUT2D eigenvalue weighted by molar-refractivity contribution is -0.114. The molecule has 0 radical (unpaired) electrons. The summed E-state index contributed by atoms with van der Waals surface area (Å²) >= 11 is 0. The lowest BCUT2D eigenvalue weighted by Crippen LogP contribution is -2.32. The third kappa shape index (κ3) is 3.60. The second-order valence-electron chi connectivity index (χ2n) is 8.20. The third-order valence-electron chi connectivity index (χ3n) is 5.88. The molecule has 31 heavy (non-hydrogen) atoms. The summed E-state index contributed by atoms with van der Waals surface area (Å²) in [5, 5.41) is 8.38. The average molecular weight is 425 g/mol. The van der Waals surface area contributed by atoms with Crippen LogP contribution in [0.2, 0.25) is 0 Å². The number of ether oxygens (including phenoxy) is 1. The van der Waals surface area contributed by atoms with Crippen molar-refractivity contribution < 1.29 is 13.9 Å². The van der Waals surface area contributed by atoms with Crippen molar-refractivity contribution >= 4 is 28.4 Å². The number of amides is 1. The van der Waals surface area contributed by atoms with Gasteiger partial charge in [-0.25, -0.2) is 24.0 Å². The van der Waals surface area contributed by atoms with Gasteiger partial charge in [-0.1, -0.05) is 0 Å². The van der Waals surface area contributed by atoms with Crippen LogP contribution in [0.3, 0.4) is 0 Å². The molecule has 0 bridgehead atoms. The molecular weight excluding hydrogens is 401 g/mol. The Bertz CT molecular complexity index is 1140. The Morgan fingerprint density at radius 1 is 1.35 bits per heavy atom. The highest BCUT2D eigenvalue weighted by Gasteiger charge is 2.42. The number of alkyl halides is 1. The van der Waals surface area contributed by atoms with E-state index in [-0.39, 0.29) is 17.3 Å². The summed E-state index contributed by atoms with van der Waals surface area (Å²) in [7, 11) is 0. The zero-order valence-corrected chi connectivity index (χ0v) is 17.5. The molecule has 0 aromatic carbocycles. The number of aromatic nitrogens is 5. The van der Waals surface area contributed by atoms with Crippen molar-refractivity contribution in [1.82, 2.24) is 24.7 Å². The van der Waals surface area contributed by atoms with Crippen LogP contribution in [0, 0.1) is 0 Å². The molecule has 3 aromatic heterocycles. The molecule has 10 heteroatoms. The maximum atomic E-state index is 13.8. The molecule has 5 heterocycles. The van der Waals surface area contributed by atoms with Gasteiger partial charge < -0.3 is 15.0 Å². The van der Waals surface area contributed by atoms with Crippen molar-refractivity contribution in [3.8, 4) is 5.82 Å². The highest BCUT2D eigenvalue weighted by Crippen LogP contribution is 2.39. The van der Waals surface area contributed by atoms with Gasteiger partial charge in [0.1, 0.15) is 5.82 Å². The Morgan fingerprint density at radius 2 is 2.23 bits per heavy atom. The first-order valence-electron chi connectivity index (χ1n) is 10.5. The molecule has 2 fully saturated rings. The predicted molar refractivity (Wildman–Crippen MR) is 113 cm³/mol. The van der Waals surface area contributed by atoms with Gasteiger partial charge in [0.05, 0.1) is 16.5 Å². The summed E-state index contributed by atoms with van der Waals surface area (Å²) in [5.74, 6) is 1.53. The summed E-state index contributed by atoms with van der Waals surface area (Å²) in [6.07, 6.45) is 5.02. The lowest BCUT2D eigenvalue weighted by atomic mass is 10.00. The van der Waals surface area contributed by atoms with Crippen molar-refractivity contribution in [3.63, 3.8) is 0 Å². The van der Waals surface area contributed by atoms with Gasteiger partial charge in [0, 0.05) is 51.1 Å². The molecule has 162 valence electrons. The summed E-state index contributed by atoms with van der Waals surface area (Å²) in [6, 6.07) is 3.44. The molecule has 1 amide bonds. The number of pyridine rings is 1. The molecule has 5 rings (SSSR count). The Labute approximate surface area is 178 Å². The van der Waals surface area contributed by atoms with Crippen LogP contribution in [0.1, 0.15) is 45.1 Å². The van der Waals surface area contributed by atoms with Gasteiger partial charge in [-0.15, -0.1) is 5.10 Å². The average Bonchev–Trinajstić information content (AvgIpc) is 3.47. The van der Waals surface area contributed by atoms with Crippen LogP contribution in [0.5, 0.6) is 0 Å². The number of nitrogens with one attached hydrogen (secondary N) is 1. The van der Waals surface area contributed by atoms with Gasteiger partial charge in [0.2, 0.25) is 5.91 Å². The number of halogens is 1.